The molecule has 0 atom stereocenters. The average molecular weight is 125 g/mol. The predicted octanol–water partition coefficient (Wildman–Crippen LogP) is 0.328. The van der Waals surface area contributed by atoms with Crippen LogP contribution in [0.3, 0.4) is 0 Å². The van der Waals surface area contributed by atoms with Crippen LogP contribution in [0.4, 0.5) is 4.79 Å². The van der Waals surface area contributed by atoms with Crippen molar-refractivity contribution in [3.8, 4) is 0 Å². The minimum Gasteiger partial charge on any atom is -0.387 e. The molecule has 0 saturated heterocycles. The first kappa shape index (κ1) is 5.94. The Balaban J connectivity index is 2.81. The fourth-order valence-electron chi connectivity index (χ4n) is 0.652. The first-order valence-corrected chi connectivity index (χ1v) is 2.59. The molecule has 9 heavy (non-hydrogen) atoms. The molecule has 0 spiro atoms. The molecule has 1 rings (SSSR count). The van der Waals surface area contributed by atoms with E-state index in [9.17, 15) is 4.79 Å². The minimum atomic E-state index is -0.490. The number of hydrogen-bond acceptors (Lipinski definition) is 2. The highest BCUT2D eigenvalue weighted by Gasteiger charge is 2.07. The Bertz CT molecular complexity index is 184. The van der Waals surface area contributed by atoms with E-state index in [0.717, 1.165) is 5.71 Å². The molecule has 0 radical (unpaired) electrons. The van der Waals surface area contributed by atoms with E-state index < -0.39 is 6.03 Å². The lowest BCUT2D eigenvalue weighted by Crippen LogP contribution is -2.20. The zero-order valence-electron chi connectivity index (χ0n) is 5.09. The third-order valence-electron chi connectivity index (χ3n) is 0.963. The van der Waals surface area contributed by atoms with Crippen molar-refractivity contribution in [2.45, 2.75) is 13.3 Å². The van der Waals surface area contributed by atoms with E-state index in [2.05, 4.69) is 9.98 Å². The first-order chi connectivity index (χ1) is 4.18. The van der Waals surface area contributed by atoms with Gasteiger partial charge >= 0.3 is 6.03 Å². The third kappa shape index (κ3) is 1.35. The van der Waals surface area contributed by atoms with Crippen molar-refractivity contribution in [1.29, 1.82) is 0 Å². The quantitative estimate of drug-likeness (QED) is 0.506. The Labute approximate surface area is 52.5 Å². The molecule has 1 heterocycles. The van der Waals surface area contributed by atoms with Crippen LogP contribution in [0.1, 0.15) is 13.3 Å². The molecule has 0 bridgehead atoms. The minimum absolute atomic E-state index is 0.354. The summed E-state index contributed by atoms with van der Waals surface area (Å²) in [4.78, 5) is 17.4. The Kier molecular flexibility index (Phi) is 1.30. The second-order valence-electron chi connectivity index (χ2n) is 1.91. The number of amides is 2. The summed E-state index contributed by atoms with van der Waals surface area (Å²) in [5.41, 5.74) is 5.99. The fourth-order valence-corrected chi connectivity index (χ4v) is 0.652. The molecule has 2 N–H and O–H groups in total. The number of aliphatic imine (C=N–C) groups is 2. The Morgan fingerprint density at radius 2 is 2.22 bits per heavy atom. The molecule has 0 aliphatic carbocycles. The Morgan fingerprint density at radius 1 is 1.56 bits per heavy atom. The molecule has 1 aliphatic heterocycles. The van der Waals surface area contributed by atoms with Crippen LogP contribution >= 0.6 is 0 Å². The van der Waals surface area contributed by atoms with Gasteiger partial charge in [0.25, 0.3) is 0 Å². The molecule has 1 aliphatic rings. The Morgan fingerprint density at radius 3 is 2.67 bits per heavy atom. The van der Waals surface area contributed by atoms with Crippen molar-refractivity contribution in [2.75, 3.05) is 0 Å². The third-order valence-corrected chi connectivity index (χ3v) is 0.963. The topological polar surface area (TPSA) is 67.8 Å². The van der Waals surface area contributed by atoms with Gasteiger partial charge in [-0.2, -0.15) is 4.99 Å². The number of urea groups is 1. The van der Waals surface area contributed by atoms with Crippen molar-refractivity contribution >= 4 is 17.6 Å². The van der Waals surface area contributed by atoms with Gasteiger partial charge in [-0.3, -0.25) is 0 Å². The second kappa shape index (κ2) is 1.97. The summed E-state index contributed by atoms with van der Waals surface area (Å²) in [7, 11) is 0. The smallest absolute Gasteiger partial charge is 0.368 e. The zero-order chi connectivity index (χ0) is 6.85. The van der Waals surface area contributed by atoms with Crippen molar-refractivity contribution in [2.24, 2.45) is 15.7 Å². The maximum Gasteiger partial charge on any atom is 0.368 e. The molecule has 0 unspecified atom stereocenters. The number of nitrogens with zero attached hydrogens (tertiary/aromatic N) is 2. The molecule has 4 nitrogen and oxygen atoms in total. The lowest BCUT2D eigenvalue weighted by molar-refractivity contribution is 0.256. The van der Waals surface area contributed by atoms with Crippen LogP contribution in [0.25, 0.3) is 0 Å². The van der Waals surface area contributed by atoms with Gasteiger partial charge in [-0.1, -0.05) is 0 Å². The highest BCUT2D eigenvalue weighted by atomic mass is 16.2. The monoisotopic (exact) mass is 125 g/mol. The molecule has 48 valence electrons. The summed E-state index contributed by atoms with van der Waals surface area (Å²) < 4.78 is 0. The van der Waals surface area contributed by atoms with E-state index in [1.165, 1.54) is 0 Å². The number of hydrogen-bond donors (Lipinski definition) is 1. The van der Waals surface area contributed by atoms with E-state index in [0.29, 0.717) is 12.3 Å². The summed E-state index contributed by atoms with van der Waals surface area (Å²) >= 11 is 0. The van der Waals surface area contributed by atoms with Gasteiger partial charge < -0.3 is 5.73 Å². The lowest BCUT2D eigenvalue weighted by atomic mass is 10.2. The summed E-state index contributed by atoms with van der Waals surface area (Å²) in [6.07, 6.45) is 0.520. The molecule has 0 aromatic rings. The number of carbonyl (C=O) groups excluding carboxylic acids is 1. The number of nitrogens with two attached hydrogens (primary N) is 1. The van der Waals surface area contributed by atoms with E-state index in [4.69, 9.17) is 5.73 Å². The van der Waals surface area contributed by atoms with E-state index >= 15 is 0 Å². The van der Waals surface area contributed by atoms with Crippen molar-refractivity contribution in [1.82, 2.24) is 0 Å². The highest BCUT2D eigenvalue weighted by Crippen LogP contribution is 1.97. The van der Waals surface area contributed by atoms with Crippen LogP contribution in [0.15, 0.2) is 9.98 Å². The van der Waals surface area contributed by atoms with Crippen LogP contribution in [-0.4, -0.2) is 17.6 Å². The zero-order valence-corrected chi connectivity index (χ0v) is 5.09. The molecule has 0 aromatic carbocycles. The number of carbonyl (C=O) groups is 1. The predicted molar refractivity (Wildman–Crippen MR) is 34.7 cm³/mol. The summed E-state index contributed by atoms with van der Waals surface area (Å²) in [6.45, 7) is 1.75. The van der Waals surface area contributed by atoms with Crippen molar-refractivity contribution < 1.29 is 4.79 Å². The summed E-state index contributed by atoms with van der Waals surface area (Å²) in [5, 5.41) is 0. The van der Waals surface area contributed by atoms with Crippen molar-refractivity contribution in [3.63, 3.8) is 0 Å². The highest BCUT2D eigenvalue weighted by molar-refractivity contribution is 6.12. The standard InChI is InChI=1S/C5H7N3O/c1-3-2-4(6)8-5(9)7-3/h2H2,1H3,(H2,6,8,9). The fraction of sp³-hybridized carbons (Fsp3) is 0.400. The van der Waals surface area contributed by atoms with Crippen LogP contribution in [0, 0.1) is 0 Å². The van der Waals surface area contributed by atoms with Gasteiger partial charge in [0, 0.05) is 12.1 Å². The van der Waals surface area contributed by atoms with Gasteiger partial charge in [-0.15, -0.1) is 0 Å². The van der Waals surface area contributed by atoms with Gasteiger partial charge in [0.15, 0.2) is 0 Å². The average Bonchev–Trinajstić information content (AvgIpc) is 1.59. The van der Waals surface area contributed by atoms with Gasteiger partial charge in [-0.05, 0) is 6.92 Å². The molecular formula is C5H7N3O. The normalized spacial score (nSPS) is 19.0. The van der Waals surface area contributed by atoms with Crippen LogP contribution in [0.5, 0.6) is 0 Å². The summed E-state index contributed by atoms with van der Waals surface area (Å²) in [6, 6.07) is -0.490. The Hall–Kier alpha value is -1.19. The summed E-state index contributed by atoms with van der Waals surface area (Å²) in [5.74, 6) is 0.354. The van der Waals surface area contributed by atoms with E-state index in [-0.39, 0.29) is 0 Å². The van der Waals surface area contributed by atoms with Gasteiger partial charge in [0.05, 0.1) is 0 Å². The van der Waals surface area contributed by atoms with E-state index in [1.807, 2.05) is 0 Å². The van der Waals surface area contributed by atoms with Crippen LogP contribution in [0.2, 0.25) is 0 Å². The molecule has 4 heteroatoms. The first-order valence-electron chi connectivity index (χ1n) is 2.59. The second-order valence-corrected chi connectivity index (χ2v) is 1.91. The lowest BCUT2D eigenvalue weighted by Gasteiger charge is -2.02. The van der Waals surface area contributed by atoms with Gasteiger partial charge in [-0.25, -0.2) is 9.79 Å². The SMILES string of the molecule is CC1=NC(=O)N=C(N)C1. The van der Waals surface area contributed by atoms with E-state index in [1.54, 1.807) is 6.92 Å². The number of amidine groups is 1. The van der Waals surface area contributed by atoms with Crippen molar-refractivity contribution in [3.05, 3.63) is 0 Å². The van der Waals surface area contributed by atoms with Gasteiger partial charge in [0.2, 0.25) is 0 Å². The maximum absolute atomic E-state index is 10.4. The molecule has 2 amide bonds. The molecule has 0 saturated carbocycles. The maximum atomic E-state index is 10.4. The number of rotatable bonds is 0. The van der Waals surface area contributed by atoms with Crippen LogP contribution in [-0.2, 0) is 0 Å². The van der Waals surface area contributed by atoms with Gasteiger partial charge in [0.1, 0.15) is 5.84 Å². The molecule has 0 aromatic heterocycles. The molecular weight excluding hydrogens is 118 g/mol. The van der Waals surface area contributed by atoms with Crippen LogP contribution < -0.4 is 5.73 Å². The largest absolute Gasteiger partial charge is 0.387 e. The molecule has 0 fully saturated rings.